The Morgan fingerprint density at radius 1 is 1.58 bits per heavy atom. The smallest absolute Gasteiger partial charge is 0.120 e. The molecule has 0 unspecified atom stereocenters. The molecule has 1 aromatic heterocycles. The van der Waals surface area contributed by atoms with Crippen molar-refractivity contribution in [2.24, 2.45) is 0 Å². The third-order valence-corrected chi connectivity index (χ3v) is 1.19. The number of aliphatic hydroxyl groups is 1. The van der Waals surface area contributed by atoms with Gasteiger partial charge in [0.2, 0.25) is 0 Å². The van der Waals surface area contributed by atoms with Gasteiger partial charge in [-0.2, -0.15) is 5.10 Å². The van der Waals surface area contributed by atoms with Crippen LogP contribution in [0.1, 0.15) is 13.8 Å². The molecular weight excluding hydrogens is 152 g/mol. The highest BCUT2D eigenvalue weighted by Gasteiger charge is 2.04. The fourth-order valence-corrected chi connectivity index (χ4v) is 0.731. The lowest BCUT2D eigenvalue weighted by molar-refractivity contribution is 0.143. The molecule has 3 heteroatoms. The molecule has 3 nitrogen and oxygen atoms in total. The fraction of sp³-hybridized carbons (Fsp3) is 0.444. The fourth-order valence-electron chi connectivity index (χ4n) is 0.731. The van der Waals surface area contributed by atoms with Crippen LogP contribution in [0.5, 0.6) is 0 Å². The maximum atomic E-state index is 9.24. The van der Waals surface area contributed by atoms with Gasteiger partial charge in [0.05, 0.1) is 0 Å². The summed E-state index contributed by atoms with van der Waals surface area (Å²) in [5.74, 6) is 5.53. The Balaban J connectivity index is 2.49. The predicted octanol–water partition coefficient (Wildman–Crippen LogP) is 0.657. The molecule has 0 aromatic carbocycles. The van der Waals surface area contributed by atoms with Gasteiger partial charge in [0.25, 0.3) is 0 Å². The molecule has 0 aliphatic heterocycles. The van der Waals surface area contributed by atoms with Gasteiger partial charge < -0.3 is 5.11 Å². The molecule has 0 radical (unpaired) electrons. The summed E-state index contributed by atoms with van der Waals surface area (Å²) in [5, 5.41) is 13.2. The van der Waals surface area contributed by atoms with Crippen molar-refractivity contribution in [3.05, 3.63) is 18.5 Å². The predicted molar refractivity (Wildman–Crippen MR) is 46.3 cm³/mol. The van der Waals surface area contributed by atoms with Crippen molar-refractivity contribution in [3.8, 4) is 11.8 Å². The topological polar surface area (TPSA) is 38.0 Å². The van der Waals surface area contributed by atoms with Gasteiger partial charge >= 0.3 is 0 Å². The lowest BCUT2D eigenvalue weighted by Gasteiger charge is -2.05. The van der Waals surface area contributed by atoms with Crippen LogP contribution in [0, 0.1) is 11.8 Å². The standard InChI is InChI=1S/C9H12N2O/c1-9(2,12)5-3-7-11-8-4-6-10-11/h4,6,8,12H,7H2,1-2H3. The Morgan fingerprint density at radius 2 is 2.33 bits per heavy atom. The molecule has 0 aliphatic carbocycles. The van der Waals surface area contributed by atoms with Crippen LogP contribution >= 0.6 is 0 Å². The summed E-state index contributed by atoms with van der Waals surface area (Å²) in [7, 11) is 0. The maximum Gasteiger partial charge on any atom is 0.120 e. The lowest BCUT2D eigenvalue weighted by Crippen LogP contribution is -2.14. The molecule has 0 amide bonds. The van der Waals surface area contributed by atoms with E-state index in [1.54, 1.807) is 24.7 Å². The molecule has 0 aliphatic rings. The zero-order valence-electron chi connectivity index (χ0n) is 7.28. The molecule has 1 heterocycles. The molecule has 64 valence electrons. The van der Waals surface area contributed by atoms with Gasteiger partial charge in [-0.3, -0.25) is 4.68 Å². The number of rotatable bonds is 1. The minimum Gasteiger partial charge on any atom is -0.378 e. The van der Waals surface area contributed by atoms with Gasteiger partial charge in [-0.05, 0) is 19.9 Å². The van der Waals surface area contributed by atoms with Gasteiger partial charge in [-0.25, -0.2) is 0 Å². The Kier molecular flexibility index (Phi) is 2.51. The summed E-state index contributed by atoms with van der Waals surface area (Å²) in [5.41, 5.74) is -0.910. The van der Waals surface area contributed by atoms with Crippen molar-refractivity contribution >= 4 is 0 Å². The molecule has 1 N–H and O–H groups in total. The van der Waals surface area contributed by atoms with E-state index in [1.807, 2.05) is 12.3 Å². The van der Waals surface area contributed by atoms with Crippen molar-refractivity contribution in [1.82, 2.24) is 9.78 Å². The largest absolute Gasteiger partial charge is 0.378 e. The molecule has 1 aromatic rings. The summed E-state index contributed by atoms with van der Waals surface area (Å²) in [6.07, 6.45) is 3.53. The van der Waals surface area contributed by atoms with Crippen LogP contribution in [0.3, 0.4) is 0 Å². The van der Waals surface area contributed by atoms with E-state index in [0.29, 0.717) is 6.54 Å². The summed E-state index contributed by atoms with van der Waals surface area (Å²) < 4.78 is 1.71. The Hall–Kier alpha value is -1.27. The summed E-state index contributed by atoms with van der Waals surface area (Å²) in [6, 6.07) is 1.84. The molecule has 0 saturated heterocycles. The van der Waals surface area contributed by atoms with E-state index in [2.05, 4.69) is 16.9 Å². The summed E-state index contributed by atoms with van der Waals surface area (Å²) in [6.45, 7) is 3.84. The SMILES string of the molecule is CC(C)(O)C#CCn1cccn1. The van der Waals surface area contributed by atoms with Crippen LogP contribution < -0.4 is 0 Å². The minimum absolute atomic E-state index is 0.525. The van der Waals surface area contributed by atoms with Crippen LogP contribution in [0.25, 0.3) is 0 Å². The maximum absolute atomic E-state index is 9.24. The van der Waals surface area contributed by atoms with E-state index in [1.165, 1.54) is 0 Å². The van der Waals surface area contributed by atoms with E-state index >= 15 is 0 Å². The summed E-state index contributed by atoms with van der Waals surface area (Å²) >= 11 is 0. The zero-order chi connectivity index (χ0) is 9.03. The molecule has 0 saturated carbocycles. The first kappa shape index (κ1) is 8.82. The van der Waals surface area contributed by atoms with E-state index in [9.17, 15) is 5.11 Å². The van der Waals surface area contributed by atoms with Crippen LogP contribution in [0.15, 0.2) is 18.5 Å². The number of nitrogens with zero attached hydrogens (tertiary/aromatic N) is 2. The Bertz CT molecular complexity index is 285. The summed E-state index contributed by atoms with van der Waals surface area (Å²) in [4.78, 5) is 0. The monoisotopic (exact) mass is 164 g/mol. The zero-order valence-corrected chi connectivity index (χ0v) is 7.28. The van der Waals surface area contributed by atoms with E-state index < -0.39 is 5.60 Å². The normalized spacial score (nSPS) is 10.6. The molecule has 0 bridgehead atoms. The van der Waals surface area contributed by atoms with Gasteiger partial charge in [0.15, 0.2) is 0 Å². The average molecular weight is 164 g/mol. The van der Waals surface area contributed by atoms with Crippen molar-refractivity contribution in [3.63, 3.8) is 0 Å². The quantitative estimate of drug-likeness (QED) is 0.619. The van der Waals surface area contributed by atoms with Crippen molar-refractivity contribution < 1.29 is 5.11 Å². The Labute approximate surface area is 72.0 Å². The minimum atomic E-state index is -0.910. The Morgan fingerprint density at radius 3 is 2.83 bits per heavy atom. The van der Waals surface area contributed by atoms with E-state index in [4.69, 9.17) is 0 Å². The van der Waals surface area contributed by atoms with E-state index in [-0.39, 0.29) is 0 Å². The third kappa shape index (κ3) is 3.22. The van der Waals surface area contributed by atoms with Crippen molar-refractivity contribution in [2.45, 2.75) is 26.0 Å². The number of hydrogen-bond donors (Lipinski definition) is 1. The first-order chi connectivity index (χ1) is 5.58. The van der Waals surface area contributed by atoms with Gasteiger partial charge in [-0.1, -0.05) is 11.8 Å². The van der Waals surface area contributed by atoms with Crippen LogP contribution in [-0.2, 0) is 6.54 Å². The highest BCUT2D eigenvalue weighted by molar-refractivity contribution is 5.09. The molecular formula is C9H12N2O. The van der Waals surface area contributed by atoms with Crippen molar-refractivity contribution in [2.75, 3.05) is 0 Å². The van der Waals surface area contributed by atoms with Gasteiger partial charge in [0.1, 0.15) is 12.1 Å². The first-order valence-corrected chi connectivity index (χ1v) is 3.78. The molecule has 0 atom stereocenters. The van der Waals surface area contributed by atoms with Crippen LogP contribution in [0.2, 0.25) is 0 Å². The van der Waals surface area contributed by atoms with Crippen LogP contribution in [-0.4, -0.2) is 20.5 Å². The second kappa shape index (κ2) is 3.42. The van der Waals surface area contributed by atoms with E-state index in [0.717, 1.165) is 0 Å². The molecule has 0 spiro atoms. The first-order valence-electron chi connectivity index (χ1n) is 3.78. The molecule has 1 rings (SSSR count). The number of hydrogen-bond acceptors (Lipinski definition) is 2. The van der Waals surface area contributed by atoms with Gasteiger partial charge in [-0.15, -0.1) is 0 Å². The number of aromatic nitrogens is 2. The second-order valence-corrected chi connectivity index (χ2v) is 3.06. The highest BCUT2D eigenvalue weighted by Crippen LogP contribution is 1.96. The van der Waals surface area contributed by atoms with Crippen LogP contribution in [0.4, 0.5) is 0 Å². The third-order valence-electron chi connectivity index (χ3n) is 1.19. The second-order valence-electron chi connectivity index (χ2n) is 3.06. The molecule has 12 heavy (non-hydrogen) atoms. The van der Waals surface area contributed by atoms with Crippen molar-refractivity contribution in [1.29, 1.82) is 0 Å². The average Bonchev–Trinajstić information content (AvgIpc) is 2.36. The van der Waals surface area contributed by atoms with Gasteiger partial charge in [0, 0.05) is 12.4 Å². The highest BCUT2D eigenvalue weighted by atomic mass is 16.3. The molecule has 0 fully saturated rings. The lowest BCUT2D eigenvalue weighted by atomic mass is 10.1.